The van der Waals surface area contributed by atoms with Gasteiger partial charge < -0.3 is 10.1 Å². The van der Waals surface area contributed by atoms with Crippen LogP contribution in [0.5, 0.6) is 0 Å². The summed E-state index contributed by atoms with van der Waals surface area (Å²) in [7, 11) is 1.33. The molecule has 0 aliphatic carbocycles. The second-order valence-corrected chi connectivity index (χ2v) is 6.63. The number of hydrogen-bond acceptors (Lipinski definition) is 4. The summed E-state index contributed by atoms with van der Waals surface area (Å²) in [6, 6.07) is 1.73. The molecule has 1 aromatic rings. The number of rotatable bonds is 3. The van der Waals surface area contributed by atoms with Crippen molar-refractivity contribution in [3.8, 4) is 0 Å². The Bertz CT molecular complexity index is 457. The van der Waals surface area contributed by atoms with Crippen LogP contribution in [-0.2, 0) is 9.53 Å². The van der Waals surface area contributed by atoms with Crippen LogP contribution in [0.4, 0.5) is 5.00 Å². The number of aryl methyl sites for hydroxylation is 1. The smallest absolute Gasteiger partial charge is 0.340 e. The molecule has 1 N–H and O–H groups in total. The molecule has 1 amide bonds. The van der Waals surface area contributed by atoms with Gasteiger partial charge in [0.25, 0.3) is 0 Å². The lowest BCUT2D eigenvalue weighted by molar-refractivity contribution is -0.117. The number of carbonyl (C=O) groups is 2. The maximum absolute atomic E-state index is 11.8. The van der Waals surface area contributed by atoms with Crippen LogP contribution in [0.3, 0.4) is 0 Å². The first-order chi connectivity index (χ1) is 8.23. The molecule has 0 aliphatic heterocycles. The van der Waals surface area contributed by atoms with Gasteiger partial charge in [-0.2, -0.15) is 0 Å². The molecule has 0 saturated carbocycles. The lowest BCUT2D eigenvalue weighted by Crippen LogP contribution is -2.20. The fourth-order valence-electron chi connectivity index (χ4n) is 1.52. The Morgan fingerprint density at radius 1 is 1.39 bits per heavy atom. The quantitative estimate of drug-likeness (QED) is 0.857. The summed E-state index contributed by atoms with van der Waals surface area (Å²) >= 11 is 1.38. The Morgan fingerprint density at radius 3 is 2.50 bits per heavy atom. The molecule has 4 nitrogen and oxygen atoms in total. The molecule has 0 radical (unpaired) electrons. The maximum atomic E-state index is 11.8. The van der Waals surface area contributed by atoms with Crippen LogP contribution in [0.1, 0.15) is 42.4 Å². The lowest BCUT2D eigenvalue weighted by Gasteiger charge is -2.17. The third kappa shape index (κ3) is 4.14. The molecule has 1 rings (SSSR count). The average Bonchev–Trinajstić information content (AvgIpc) is 2.55. The molecule has 5 heteroatoms. The van der Waals surface area contributed by atoms with Crippen LogP contribution in [0.2, 0.25) is 0 Å². The van der Waals surface area contributed by atoms with Gasteiger partial charge in [0.15, 0.2) is 0 Å². The highest BCUT2D eigenvalue weighted by atomic mass is 32.1. The topological polar surface area (TPSA) is 55.4 Å². The largest absolute Gasteiger partial charge is 0.465 e. The fourth-order valence-corrected chi connectivity index (χ4v) is 2.44. The van der Waals surface area contributed by atoms with E-state index >= 15 is 0 Å². The maximum Gasteiger partial charge on any atom is 0.340 e. The summed E-state index contributed by atoms with van der Waals surface area (Å²) in [5.41, 5.74) is 0.337. The minimum absolute atomic E-state index is 0.0815. The number of esters is 1. The van der Waals surface area contributed by atoms with E-state index in [1.54, 1.807) is 6.07 Å². The minimum atomic E-state index is -0.426. The monoisotopic (exact) mass is 269 g/mol. The van der Waals surface area contributed by atoms with Gasteiger partial charge in [-0.1, -0.05) is 20.8 Å². The van der Waals surface area contributed by atoms with Crippen molar-refractivity contribution in [1.29, 1.82) is 0 Å². The third-order valence-electron chi connectivity index (χ3n) is 2.20. The number of anilines is 1. The molecule has 0 saturated heterocycles. The van der Waals surface area contributed by atoms with Crippen molar-refractivity contribution in [2.24, 2.45) is 5.41 Å². The first kappa shape index (κ1) is 14.7. The molecule has 0 atom stereocenters. The van der Waals surface area contributed by atoms with Gasteiger partial charge in [0.1, 0.15) is 5.00 Å². The van der Waals surface area contributed by atoms with E-state index in [0.29, 0.717) is 17.0 Å². The highest BCUT2D eigenvalue weighted by Crippen LogP contribution is 2.29. The molecule has 18 heavy (non-hydrogen) atoms. The number of hydrogen-bond donors (Lipinski definition) is 1. The zero-order valence-corrected chi connectivity index (χ0v) is 12.2. The average molecular weight is 269 g/mol. The van der Waals surface area contributed by atoms with E-state index in [-0.39, 0.29) is 11.3 Å². The molecular formula is C13H19NO3S. The number of amides is 1. The first-order valence-corrected chi connectivity index (χ1v) is 6.53. The van der Waals surface area contributed by atoms with Crippen LogP contribution in [0, 0.1) is 12.3 Å². The summed E-state index contributed by atoms with van der Waals surface area (Å²) < 4.78 is 4.69. The number of thiophene rings is 1. The number of methoxy groups -OCH3 is 1. The fraction of sp³-hybridized carbons (Fsp3) is 0.538. The molecule has 0 bridgehead atoms. The molecule has 0 spiro atoms. The second-order valence-electron chi connectivity index (χ2n) is 5.38. The highest BCUT2D eigenvalue weighted by molar-refractivity contribution is 7.16. The molecule has 0 aliphatic rings. The molecule has 1 heterocycles. The summed E-state index contributed by atoms with van der Waals surface area (Å²) in [6.45, 7) is 7.87. The van der Waals surface area contributed by atoms with Crippen LogP contribution >= 0.6 is 11.3 Å². The van der Waals surface area contributed by atoms with Gasteiger partial charge in [-0.05, 0) is 18.4 Å². The lowest BCUT2D eigenvalue weighted by atomic mass is 9.92. The molecular weight excluding hydrogens is 250 g/mol. The first-order valence-electron chi connectivity index (χ1n) is 5.71. The van der Waals surface area contributed by atoms with Crippen LogP contribution in [0.15, 0.2) is 6.07 Å². The van der Waals surface area contributed by atoms with Gasteiger partial charge in [-0.15, -0.1) is 11.3 Å². The normalized spacial score (nSPS) is 11.2. The van der Waals surface area contributed by atoms with E-state index in [1.165, 1.54) is 18.4 Å². The summed E-state index contributed by atoms with van der Waals surface area (Å²) in [4.78, 5) is 24.4. The Morgan fingerprint density at radius 2 is 2.00 bits per heavy atom. The highest BCUT2D eigenvalue weighted by Gasteiger charge is 2.20. The predicted octanol–water partition coefficient (Wildman–Crippen LogP) is 3.22. The second kappa shape index (κ2) is 5.52. The summed E-state index contributed by atoms with van der Waals surface area (Å²) in [5, 5.41) is 3.35. The molecule has 0 aromatic carbocycles. The Kier molecular flexibility index (Phi) is 4.51. The van der Waals surface area contributed by atoms with Gasteiger partial charge in [-0.25, -0.2) is 4.79 Å². The SMILES string of the molecule is COC(=O)c1cc(C)sc1NC(=O)CC(C)(C)C. The van der Waals surface area contributed by atoms with E-state index < -0.39 is 5.97 Å². The van der Waals surface area contributed by atoms with Crippen molar-refractivity contribution in [2.75, 3.05) is 12.4 Å². The Hall–Kier alpha value is -1.36. The molecule has 0 fully saturated rings. The van der Waals surface area contributed by atoms with Gasteiger partial charge in [0.05, 0.1) is 12.7 Å². The van der Waals surface area contributed by atoms with Crippen molar-refractivity contribution < 1.29 is 14.3 Å². The van der Waals surface area contributed by atoms with Gasteiger partial charge >= 0.3 is 5.97 Å². The molecule has 1 aromatic heterocycles. The van der Waals surface area contributed by atoms with Gasteiger partial charge in [-0.3, -0.25) is 4.79 Å². The van der Waals surface area contributed by atoms with Crippen LogP contribution in [0.25, 0.3) is 0 Å². The van der Waals surface area contributed by atoms with Crippen molar-refractivity contribution in [3.05, 3.63) is 16.5 Å². The Balaban J connectivity index is 2.84. The number of nitrogens with one attached hydrogen (secondary N) is 1. The predicted molar refractivity (Wildman–Crippen MR) is 73.1 cm³/mol. The van der Waals surface area contributed by atoms with Crippen molar-refractivity contribution >= 4 is 28.2 Å². The number of ether oxygens (including phenoxy) is 1. The number of carbonyl (C=O) groups excluding carboxylic acids is 2. The standard InChI is InChI=1S/C13H19NO3S/c1-8-6-9(12(16)17-5)11(18-8)14-10(15)7-13(2,3)4/h6H,7H2,1-5H3,(H,14,15). The zero-order valence-electron chi connectivity index (χ0n) is 11.4. The van der Waals surface area contributed by atoms with Crippen LogP contribution < -0.4 is 5.32 Å². The zero-order chi connectivity index (χ0) is 13.9. The third-order valence-corrected chi connectivity index (χ3v) is 3.17. The summed E-state index contributed by atoms with van der Waals surface area (Å²) in [6.07, 6.45) is 0.407. The van der Waals surface area contributed by atoms with Crippen LogP contribution in [-0.4, -0.2) is 19.0 Å². The van der Waals surface area contributed by atoms with Crippen molar-refractivity contribution in [3.63, 3.8) is 0 Å². The van der Waals surface area contributed by atoms with E-state index in [4.69, 9.17) is 0 Å². The molecule has 100 valence electrons. The van der Waals surface area contributed by atoms with E-state index in [1.807, 2.05) is 27.7 Å². The summed E-state index contributed by atoms with van der Waals surface area (Å²) in [5.74, 6) is -0.514. The van der Waals surface area contributed by atoms with Crippen molar-refractivity contribution in [2.45, 2.75) is 34.1 Å². The minimum Gasteiger partial charge on any atom is -0.465 e. The van der Waals surface area contributed by atoms with Gasteiger partial charge in [0, 0.05) is 11.3 Å². The Labute approximate surface area is 111 Å². The van der Waals surface area contributed by atoms with Gasteiger partial charge in [0.2, 0.25) is 5.91 Å². The van der Waals surface area contributed by atoms with Crippen molar-refractivity contribution in [1.82, 2.24) is 0 Å². The van der Waals surface area contributed by atoms with E-state index in [0.717, 1.165) is 4.88 Å². The van der Waals surface area contributed by atoms with E-state index in [9.17, 15) is 9.59 Å². The molecule has 0 unspecified atom stereocenters. The van der Waals surface area contributed by atoms with E-state index in [2.05, 4.69) is 10.1 Å².